The van der Waals surface area contributed by atoms with Crippen molar-refractivity contribution < 1.29 is 27.4 Å². The molecule has 34 heavy (non-hydrogen) atoms. The molecule has 2 aromatic rings. The van der Waals surface area contributed by atoms with Gasteiger partial charge in [-0.05, 0) is 12.1 Å². The minimum atomic E-state index is -4.94. The molecule has 1 heterocycles. The highest BCUT2D eigenvalue weighted by molar-refractivity contribution is 5.94. The van der Waals surface area contributed by atoms with Crippen LogP contribution in [0.25, 0.3) is 0 Å². The molecule has 7 nitrogen and oxygen atoms in total. The lowest BCUT2D eigenvalue weighted by Gasteiger charge is -2.63. The fourth-order valence-electron chi connectivity index (χ4n) is 4.78. The summed E-state index contributed by atoms with van der Waals surface area (Å²) in [4.78, 5) is 21.3. The number of carbonyl (C=O) groups excluding carboxylic acids is 1. The summed E-state index contributed by atoms with van der Waals surface area (Å²) >= 11 is 0. The molecule has 0 atom stereocenters. The first-order valence-electron chi connectivity index (χ1n) is 10.8. The third kappa shape index (κ3) is 4.93. The van der Waals surface area contributed by atoms with E-state index in [1.165, 1.54) is 24.5 Å². The van der Waals surface area contributed by atoms with E-state index in [0.717, 1.165) is 6.07 Å². The molecule has 0 spiro atoms. The molecule has 0 bridgehead atoms. The molecule has 1 amide bonds. The Hall–Kier alpha value is -3.35. The van der Waals surface area contributed by atoms with Crippen LogP contribution in [0.15, 0.2) is 30.6 Å². The monoisotopic (exact) mass is 476 g/mol. The summed E-state index contributed by atoms with van der Waals surface area (Å²) < 4.78 is 48.2. The predicted octanol–water partition coefficient (Wildman–Crippen LogP) is 4.98. The molecule has 1 aliphatic carbocycles. The minimum Gasteiger partial charge on any atom is -0.489 e. The normalized spacial score (nSPS) is 20.7. The van der Waals surface area contributed by atoms with Gasteiger partial charge >= 0.3 is 6.36 Å². The summed E-state index contributed by atoms with van der Waals surface area (Å²) in [5.74, 6) is -0.0301. The van der Waals surface area contributed by atoms with Crippen molar-refractivity contribution in [2.24, 2.45) is 10.8 Å². The Bertz CT molecular complexity index is 1090. The number of alkyl halides is 3. The third-order valence-corrected chi connectivity index (χ3v) is 6.12. The molecule has 1 fully saturated rings. The Balaban J connectivity index is 1.77. The minimum absolute atomic E-state index is 0.131. The number of hydrogen-bond donors (Lipinski definition) is 1. The van der Waals surface area contributed by atoms with Crippen LogP contribution in [0.1, 0.15) is 69.2 Å². The molecule has 1 aromatic carbocycles. The maximum absolute atomic E-state index is 12.8. The fraction of sp³-hybridized carbons (Fsp3) is 0.500. The molecule has 0 saturated heterocycles. The van der Waals surface area contributed by atoms with Crippen LogP contribution in [-0.4, -0.2) is 34.4 Å². The summed E-state index contributed by atoms with van der Waals surface area (Å²) in [6, 6.07) is 5.07. The van der Waals surface area contributed by atoms with E-state index in [-0.39, 0.29) is 29.2 Å². The molecule has 182 valence electrons. The second kappa shape index (κ2) is 8.78. The van der Waals surface area contributed by atoms with Gasteiger partial charge in [0, 0.05) is 41.2 Å². The van der Waals surface area contributed by atoms with E-state index in [4.69, 9.17) is 10.00 Å². The molecule has 0 radical (unpaired) electrons. The highest BCUT2D eigenvalue weighted by atomic mass is 19.4. The number of amides is 1. The smallest absolute Gasteiger partial charge is 0.489 e. The zero-order valence-corrected chi connectivity index (χ0v) is 19.8. The first kappa shape index (κ1) is 25.3. The van der Waals surface area contributed by atoms with Crippen LogP contribution in [-0.2, 0) is 0 Å². The van der Waals surface area contributed by atoms with Crippen LogP contribution >= 0.6 is 0 Å². The SMILES string of the molecule is CC(C)c1ncc(C(=O)NC2C(C)(C)C(Oc3ccc(C#N)c(OC(F)(F)F)c3)C2(C)C)cn1. The van der Waals surface area contributed by atoms with Crippen LogP contribution in [0.5, 0.6) is 11.5 Å². The van der Waals surface area contributed by atoms with Gasteiger partial charge in [-0.15, -0.1) is 13.2 Å². The average Bonchev–Trinajstić information content (AvgIpc) is 2.74. The number of halogens is 3. The zero-order valence-electron chi connectivity index (χ0n) is 19.8. The first-order chi connectivity index (χ1) is 15.7. The van der Waals surface area contributed by atoms with Gasteiger partial charge in [0.2, 0.25) is 0 Å². The van der Waals surface area contributed by atoms with Gasteiger partial charge in [-0.3, -0.25) is 4.79 Å². The Labute approximate surface area is 196 Å². The number of benzene rings is 1. The summed E-state index contributed by atoms with van der Waals surface area (Å²) in [7, 11) is 0. The van der Waals surface area contributed by atoms with E-state index in [9.17, 15) is 18.0 Å². The number of hydrogen-bond acceptors (Lipinski definition) is 6. The predicted molar refractivity (Wildman–Crippen MR) is 117 cm³/mol. The molecule has 0 unspecified atom stereocenters. The summed E-state index contributed by atoms with van der Waals surface area (Å²) in [6.07, 6.45) is -2.41. The largest absolute Gasteiger partial charge is 0.573 e. The molecule has 1 aliphatic rings. The number of aromatic nitrogens is 2. The standard InChI is InChI=1S/C24H27F3N4O3/c1-13(2)18-29-11-15(12-30-18)19(32)31-20-22(3,4)21(23(20,5)6)33-16-8-7-14(10-28)17(9-16)34-24(25,26)27/h7-9,11-13,20-21H,1-6H3,(H,31,32). The maximum atomic E-state index is 12.8. The highest BCUT2D eigenvalue weighted by Crippen LogP contribution is 2.55. The van der Waals surface area contributed by atoms with Crippen LogP contribution in [0.3, 0.4) is 0 Å². The first-order valence-corrected chi connectivity index (χ1v) is 10.8. The molecule has 3 rings (SSSR count). The molecule has 0 aliphatic heterocycles. The Morgan fingerprint density at radius 3 is 2.24 bits per heavy atom. The van der Waals surface area contributed by atoms with Gasteiger partial charge in [0.05, 0.1) is 11.1 Å². The Kier molecular flexibility index (Phi) is 6.53. The molecule has 1 aromatic heterocycles. The van der Waals surface area contributed by atoms with E-state index in [1.807, 2.05) is 41.5 Å². The number of rotatable bonds is 6. The number of nitrogens with zero attached hydrogens (tertiary/aromatic N) is 3. The van der Waals surface area contributed by atoms with E-state index in [2.05, 4.69) is 20.0 Å². The van der Waals surface area contributed by atoms with Gasteiger partial charge < -0.3 is 14.8 Å². The van der Waals surface area contributed by atoms with Gasteiger partial charge in [0.15, 0.2) is 5.75 Å². The number of ether oxygens (including phenoxy) is 2. The number of carbonyl (C=O) groups is 1. The third-order valence-electron chi connectivity index (χ3n) is 6.12. The van der Waals surface area contributed by atoms with Crippen LogP contribution < -0.4 is 14.8 Å². The lowest BCUT2D eigenvalue weighted by atomic mass is 9.49. The molecule has 1 saturated carbocycles. The van der Waals surface area contributed by atoms with Crippen molar-refractivity contribution in [3.63, 3.8) is 0 Å². The van der Waals surface area contributed by atoms with Gasteiger partial charge in [-0.2, -0.15) is 5.26 Å². The highest BCUT2D eigenvalue weighted by Gasteiger charge is 2.64. The van der Waals surface area contributed by atoms with Crippen molar-refractivity contribution in [3.8, 4) is 17.6 Å². The van der Waals surface area contributed by atoms with E-state index >= 15 is 0 Å². The van der Waals surface area contributed by atoms with Gasteiger partial charge in [-0.1, -0.05) is 41.5 Å². The number of nitriles is 1. The maximum Gasteiger partial charge on any atom is 0.573 e. The second-order valence-electron chi connectivity index (χ2n) is 9.85. The van der Waals surface area contributed by atoms with Gasteiger partial charge in [-0.25, -0.2) is 9.97 Å². The van der Waals surface area contributed by atoms with Crippen molar-refractivity contribution in [1.82, 2.24) is 15.3 Å². The molecule has 1 N–H and O–H groups in total. The molecular weight excluding hydrogens is 449 g/mol. The fourth-order valence-corrected chi connectivity index (χ4v) is 4.78. The molecular formula is C24H27F3N4O3. The zero-order chi connectivity index (χ0) is 25.5. The summed E-state index contributed by atoms with van der Waals surface area (Å²) in [5, 5.41) is 12.1. The van der Waals surface area contributed by atoms with Crippen molar-refractivity contribution in [2.75, 3.05) is 0 Å². The quantitative estimate of drug-likeness (QED) is 0.632. The van der Waals surface area contributed by atoms with E-state index < -0.39 is 29.0 Å². The van der Waals surface area contributed by atoms with E-state index in [0.29, 0.717) is 11.4 Å². The lowest BCUT2D eigenvalue weighted by molar-refractivity contribution is -0.274. The van der Waals surface area contributed by atoms with Crippen LogP contribution in [0.2, 0.25) is 0 Å². The summed E-state index contributed by atoms with van der Waals surface area (Å²) in [6.45, 7) is 11.5. The van der Waals surface area contributed by atoms with Crippen molar-refractivity contribution in [1.29, 1.82) is 5.26 Å². The van der Waals surface area contributed by atoms with Crippen molar-refractivity contribution in [3.05, 3.63) is 47.5 Å². The average molecular weight is 476 g/mol. The van der Waals surface area contributed by atoms with Gasteiger partial charge in [0.1, 0.15) is 23.7 Å². The second-order valence-corrected chi connectivity index (χ2v) is 9.85. The Morgan fingerprint density at radius 2 is 1.74 bits per heavy atom. The molecule has 10 heteroatoms. The Morgan fingerprint density at radius 1 is 1.15 bits per heavy atom. The number of nitrogens with one attached hydrogen (secondary N) is 1. The summed E-state index contributed by atoms with van der Waals surface area (Å²) in [5.41, 5.74) is -1.04. The van der Waals surface area contributed by atoms with Crippen molar-refractivity contribution >= 4 is 5.91 Å². The van der Waals surface area contributed by atoms with Crippen LogP contribution in [0, 0.1) is 22.2 Å². The topological polar surface area (TPSA) is 97.1 Å². The van der Waals surface area contributed by atoms with Crippen molar-refractivity contribution in [2.45, 2.75) is 66.0 Å². The van der Waals surface area contributed by atoms with E-state index in [1.54, 1.807) is 6.07 Å². The van der Waals surface area contributed by atoms with Gasteiger partial charge in [0.25, 0.3) is 5.91 Å². The van der Waals surface area contributed by atoms with Crippen LogP contribution in [0.4, 0.5) is 13.2 Å². The lowest BCUT2D eigenvalue weighted by Crippen LogP contribution is -2.74.